The number of ether oxygens (including phenoxy) is 1. The molecule has 0 aliphatic rings. The van der Waals surface area contributed by atoms with E-state index in [4.69, 9.17) is 9.26 Å². The van der Waals surface area contributed by atoms with Gasteiger partial charge in [0.15, 0.2) is 6.04 Å². The summed E-state index contributed by atoms with van der Waals surface area (Å²) in [5.41, 5.74) is 0. The Morgan fingerprint density at radius 1 is 1.63 bits per heavy atom. The van der Waals surface area contributed by atoms with Gasteiger partial charge in [-0.05, 0) is 31.4 Å². The second-order valence-electron chi connectivity index (χ2n) is 3.92. The highest BCUT2D eigenvalue weighted by Gasteiger charge is 2.13. The minimum Gasteiger partial charge on any atom is -0.861 e. The van der Waals surface area contributed by atoms with Crippen LogP contribution in [0, 0.1) is 0 Å². The highest BCUT2D eigenvalue weighted by molar-refractivity contribution is 8.00. The zero-order valence-electron chi connectivity index (χ0n) is 11.2. The SMILES string of the molecule is CCOC(=O)CSC/C([O-])=N/c1c[n+](C(C)C)no1. The van der Waals surface area contributed by atoms with E-state index in [9.17, 15) is 9.90 Å². The minimum atomic E-state index is -0.374. The van der Waals surface area contributed by atoms with Crippen LogP contribution in [0.3, 0.4) is 0 Å². The van der Waals surface area contributed by atoms with Gasteiger partial charge in [-0.15, -0.1) is 11.8 Å². The quantitative estimate of drug-likeness (QED) is 0.308. The summed E-state index contributed by atoms with van der Waals surface area (Å²) in [4.78, 5) is 14.8. The number of aromatic nitrogens is 2. The lowest BCUT2D eigenvalue weighted by molar-refractivity contribution is -0.779. The first kappa shape index (κ1) is 15.5. The predicted molar refractivity (Wildman–Crippen MR) is 68.1 cm³/mol. The lowest BCUT2D eigenvalue weighted by atomic mass is 10.4. The molecule has 0 aliphatic heterocycles. The van der Waals surface area contributed by atoms with Gasteiger partial charge >= 0.3 is 11.9 Å². The Balaban J connectivity index is 2.41. The number of carbonyl (C=O) groups is 1. The molecule has 0 aromatic carbocycles. The van der Waals surface area contributed by atoms with Gasteiger partial charge in [0.2, 0.25) is 5.27 Å². The second kappa shape index (κ2) is 7.78. The van der Waals surface area contributed by atoms with Crippen molar-refractivity contribution in [2.75, 3.05) is 18.1 Å². The Morgan fingerprint density at radius 3 is 2.95 bits per heavy atom. The summed E-state index contributed by atoms with van der Waals surface area (Å²) in [6.07, 6.45) is 1.55. The van der Waals surface area contributed by atoms with E-state index in [1.165, 1.54) is 0 Å². The number of esters is 1. The van der Waals surface area contributed by atoms with Crippen LogP contribution >= 0.6 is 11.8 Å². The molecule has 0 aliphatic carbocycles. The average molecular weight is 287 g/mol. The molecule has 0 radical (unpaired) electrons. The lowest BCUT2D eigenvalue weighted by Crippen LogP contribution is -2.36. The van der Waals surface area contributed by atoms with E-state index in [1.54, 1.807) is 17.8 Å². The summed E-state index contributed by atoms with van der Waals surface area (Å²) < 4.78 is 11.2. The van der Waals surface area contributed by atoms with E-state index in [2.05, 4.69) is 10.3 Å². The molecule has 0 N–H and O–H groups in total. The fourth-order valence-corrected chi connectivity index (χ4v) is 1.71. The first-order valence-electron chi connectivity index (χ1n) is 5.89. The van der Waals surface area contributed by atoms with E-state index in [0.717, 1.165) is 11.8 Å². The monoisotopic (exact) mass is 287 g/mol. The third-order valence-corrected chi connectivity index (χ3v) is 2.88. The largest absolute Gasteiger partial charge is 0.861 e. The number of rotatable bonds is 7. The molecule has 1 rings (SSSR count). The molecule has 0 spiro atoms. The van der Waals surface area contributed by atoms with Crippen molar-refractivity contribution >= 4 is 29.5 Å². The van der Waals surface area contributed by atoms with Gasteiger partial charge in [-0.1, -0.05) is 0 Å². The summed E-state index contributed by atoms with van der Waals surface area (Å²) in [5.74, 6) is -0.312. The fourth-order valence-electron chi connectivity index (χ4n) is 1.12. The van der Waals surface area contributed by atoms with Gasteiger partial charge < -0.3 is 9.84 Å². The number of hydrogen-bond donors (Lipinski definition) is 0. The molecular weight excluding hydrogens is 270 g/mol. The van der Waals surface area contributed by atoms with Gasteiger partial charge in [-0.2, -0.15) is 0 Å². The molecule has 106 valence electrons. The summed E-state index contributed by atoms with van der Waals surface area (Å²) in [7, 11) is 0. The van der Waals surface area contributed by atoms with Crippen molar-refractivity contribution in [3.8, 4) is 0 Å². The van der Waals surface area contributed by atoms with Crippen molar-refractivity contribution < 1.29 is 23.8 Å². The van der Waals surface area contributed by atoms with E-state index in [0.29, 0.717) is 6.61 Å². The average Bonchev–Trinajstić information content (AvgIpc) is 2.78. The molecule has 7 nitrogen and oxygen atoms in total. The van der Waals surface area contributed by atoms with E-state index < -0.39 is 0 Å². The first-order chi connectivity index (χ1) is 9.02. The molecule has 0 amide bonds. The lowest BCUT2D eigenvalue weighted by Gasteiger charge is -2.07. The van der Waals surface area contributed by atoms with Crippen LogP contribution < -0.4 is 9.79 Å². The van der Waals surface area contributed by atoms with Crippen molar-refractivity contribution in [2.45, 2.75) is 26.8 Å². The van der Waals surface area contributed by atoms with Gasteiger partial charge in [0.1, 0.15) is 0 Å². The Hall–Kier alpha value is -1.57. The standard InChI is InChI=1S/C11H17N3O4S/c1-4-17-11(16)7-19-6-9(15)12-10-5-14(8(2)3)13-18-10/h5,8H,4,6-7H2,1-3H3. The van der Waals surface area contributed by atoms with Crippen molar-refractivity contribution in [2.24, 2.45) is 4.99 Å². The third-order valence-electron chi connectivity index (χ3n) is 1.99. The molecule has 19 heavy (non-hydrogen) atoms. The molecular formula is C11H17N3O4S. The maximum absolute atomic E-state index is 11.5. The maximum Gasteiger partial charge on any atom is 0.320 e. The predicted octanol–water partition coefficient (Wildman–Crippen LogP) is 0.230. The zero-order valence-corrected chi connectivity index (χ0v) is 12.0. The van der Waals surface area contributed by atoms with Crippen LogP contribution in [-0.4, -0.2) is 35.3 Å². The van der Waals surface area contributed by atoms with E-state index in [-0.39, 0.29) is 35.3 Å². The molecule has 1 aromatic rings. The van der Waals surface area contributed by atoms with Crippen LogP contribution in [0.2, 0.25) is 0 Å². The highest BCUT2D eigenvalue weighted by Crippen LogP contribution is 2.09. The Morgan fingerprint density at radius 2 is 2.37 bits per heavy atom. The smallest absolute Gasteiger partial charge is 0.320 e. The van der Waals surface area contributed by atoms with Crippen molar-refractivity contribution in [1.29, 1.82) is 0 Å². The van der Waals surface area contributed by atoms with Gasteiger partial charge in [0.25, 0.3) is 6.20 Å². The van der Waals surface area contributed by atoms with Crippen LogP contribution in [0.4, 0.5) is 5.88 Å². The summed E-state index contributed by atoms with van der Waals surface area (Å²) in [6, 6.07) is 0.140. The molecule has 0 saturated heterocycles. The normalized spacial score (nSPS) is 11.9. The van der Waals surface area contributed by atoms with Crippen molar-refractivity contribution in [3.63, 3.8) is 0 Å². The number of carbonyl (C=O) groups excluding carboxylic acids is 1. The molecule has 1 heterocycles. The fraction of sp³-hybridized carbons (Fsp3) is 0.636. The summed E-state index contributed by atoms with van der Waals surface area (Å²) >= 11 is 1.16. The first-order valence-corrected chi connectivity index (χ1v) is 7.04. The van der Waals surface area contributed by atoms with Crippen LogP contribution in [0.1, 0.15) is 26.8 Å². The van der Waals surface area contributed by atoms with Gasteiger partial charge in [0.05, 0.1) is 12.4 Å². The molecule has 0 fully saturated rings. The van der Waals surface area contributed by atoms with Crippen LogP contribution in [0.5, 0.6) is 0 Å². The second-order valence-corrected chi connectivity index (χ2v) is 4.90. The Bertz CT molecular complexity index is 445. The third kappa shape index (κ3) is 5.73. The van der Waals surface area contributed by atoms with E-state index >= 15 is 0 Å². The number of nitrogens with zero attached hydrogens (tertiary/aromatic N) is 3. The van der Waals surface area contributed by atoms with Crippen molar-refractivity contribution in [1.82, 2.24) is 5.27 Å². The van der Waals surface area contributed by atoms with Crippen molar-refractivity contribution in [3.05, 3.63) is 6.20 Å². The van der Waals surface area contributed by atoms with Gasteiger partial charge in [-0.25, -0.2) is 4.99 Å². The molecule has 0 atom stereocenters. The topological polar surface area (TPSA) is 91.6 Å². The Kier molecular flexibility index (Phi) is 6.34. The molecule has 0 bridgehead atoms. The van der Waals surface area contributed by atoms with Crippen LogP contribution in [0.25, 0.3) is 0 Å². The summed E-state index contributed by atoms with van der Waals surface area (Å²) in [6.45, 7) is 5.94. The van der Waals surface area contributed by atoms with Gasteiger partial charge in [-0.3, -0.25) is 9.32 Å². The highest BCUT2D eigenvalue weighted by atomic mass is 32.2. The van der Waals surface area contributed by atoms with Crippen LogP contribution in [-0.2, 0) is 9.53 Å². The zero-order chi connectivity index (χ0) is 14.3. The van der Waals surface area contributed by atoms with E-state index in [1.807, 2.05) is 13.8 Å². The number of thioether (sulfide) groups is 1. The number of aliphatic imine (C=N–C) groups is 1. The molecule has 1 aromatic heterocycles. The maximum atomic E-state index is 11.5. The molecule has 0 unspecified atom stereocenters. The Labute approximate surface area is 115 Å². The summed E-state index contributed by atoms with van der Waals surface area (Å²) in [5, 5.41) is 15.2. The molecule has 0 saturated carbocycles. The van der Waals surface area contributed by atoms with Gasteiger partial charge in [0, 0.05) is 5.75 Å². The van der Waals surface area contributed by atoms with Crippen LogP contribution in [0.15, 0.2) is 15.7 Å². The number of hydrogen-bond acceptors (Lipinski definition) is 7. The minimum absolute atomic E-state index is 0.0984. The molecule has 8 heteroatoms.